The van der Waals surface area contributed by atoms with Crippen LogP contribution in [0.15, 0.2) is 34.8 Å². The molecule has 0 saturated carbocycles. The molecule has 1 aromatic carbocycles. The molecule has 0 radical (unpaired) electrons. The fourth-order valence-electron chi connectivity index (χ4n) is 2.49. The molecule has 1 heterocycles. The highest BCUT2D eigenvalue weighted by Crippen LogP contribution is 2.26. The second-order valence-corrected chi connectivity index (χ2v) is 7.08. The molecule has 1 aromatic rings. The van der Waals surface area contributed by atoms with Crippen molar-refractivity contribution in [2.45, 2.75) is 46.1 Å². The SMILES string of the molecule is CCCN(NC(=O)OC(C)(C)C)C(=O)C1=Cc2ccccc2N=C(N)C1. The summed E-state index contributed by atoms with van der Waals surface area (Å²) in [4.78, 5) is 29.4. The van der Waals surface area contributed by atoms with Crippen LogP contribution in [0.2, 0.25) is 0 Å². The highest BCUT2D eigenvalue weighted by Gasteiger charge is 2.24. The minimum absolute atomic E-state index is 0.212. The number of benzene rings is 1. The van der Waals surface area contributed by atoms with E-state index in [9.17, 15) is 9.59 Å². The summed E-state index contributed by atoms with van der Waals surface area (Å²) in [6.45, 7) is 7.57. The molecular weight excluding hydrogens is 332 g/mol. The summed E-state index contributed by atoms with van der Waals surface area (Å²) in [6, 6.07) is 7.45. The van der Waals surface area contributed by atoms with Crippen LogP contribution in [0.1, 0.15) is 46.1 Å². The lowest BCUT2D eigenvalue weighted by Gasteiger charge is -2.26. The molecular formula is C19H26N4O3. The second kappa shape index (κ2) is 8.03. The van der Waals surface area contributed by atoms with Gasteiger partial charge in [-0.3, -0.25) is 4.79 Å². The summed E-state index contributed by atoms with van der Waals surface area (Å²) in [5, 5.41) is 1.26. The number of hydrogen-bond acceptors (Lipinski definition) is 5. The van der Waals surface area contributed by atoms with Gasteiger partial charge in [0.2, 0.25) is 0 Å². The number of fused-ring (bicyclic) bond motifs is 1. The topological polar surface area (TPSA) is 97.0 Å². The lowest BCUT2D eigenvalue weighted by atomic mass is 10.1. The number of aliphatic imine (C=N–C) groups is 1. The number of hydrogen-bond donors (Lipinski definition) is 2. The quantitative estimate of drug-likeness (QED) is 0.811. The number of rotatable bonds is 3. The van der Waals surface area contributed by atoms with E-state index in [2.05, 4.69) is 10.4 Å². The summed E-state index contributed by atoms with van der Waals surface area (Å²) < 4.78 is 5.24. The normalized spacial score (nSPS) is 13.7. The van der Waals surface area contributed by atoms with Crippen molar-refractivity contribution in [3.63, 3.8) is 0 Å². The zero-order valence-corrected chi connectivity index (χ0v) is 15.7. The van der Waals surface area contributed by atoms with E-state index in [1.54, 1.807) is 26.8 Å². The van der Waals surface area contributed by atoms with E-state index in [0.29, 0.717) is 24.4 Å². The Morgan fingerprint density at radius 3 is 2.65 bits per heavy atom. The highest BCUT2D eigenvalue weighted by molar-refractivity contribution is 6.05. The van der Waals surface area contributed by atoms with E-state index in [1.807, 2.05) is 31.2 Å². The van der Waals surface area contributed by atoms with Crippen LogP contribution in [0.5, 0.6) is 0 Å². The van der Waals surface area contributed by atoms with Gasteiger partial charge in [-0.25, -0.2) is 20.2 Å². The summed E-state index contributed by atoms with van der Waals surface area (Å²) >= 11 is 0. The van der Waals surface area contributed by atoms with Crippen LogP contribution < -0.4 is 11.2 Å². The van der Waals surface area contributed by atoms with Gasteiger partial charge in [-0.15, -0.1) is 0 Å². The first-order valence-corrected chi connectivity index (χ1v) is 8.63. The number of nitrogens with two attached hydrogens (primary N) is 1. The average Bonchev–Trinajstić information content (AvgIpc) is 2.69. The van der Waals surface area contributed by atoms with Gasteiger partial charge in [0.05, 0.1) is 5.69 Å². The Balaban J connectivity index is 2.24. The smallest absolute Gasteiger partial charge is 0.426 e. The van der Waals surface area contributed by atoms with Crippen molar-refractivity contribution in [3.8, 4) is 0 Å². The molecule has 2 rings (SSSR count). The first-order valence-electron chi connectivity index (χ1n) is 8.63. The first-order chi connectivity index (χ1) is 12.2. The van der Waals surface area contributed by atoms with Crippen molar-refractivity contribution in [2.24, 2.45) is 10.7 Å². The number of nitrogens with one attached hydrogen (secondary N) is 1. The predicted molar refractivity (Wildman–Crippen MR) is 102 cm³/mol. The van der Waals surface area contributed by atoms with Crippen LogP contribution in [-0.2, 0) is 9.53 Å². The molecule has 1 aliphatic heterocycles. The zero-order valence-electron chi connectivity index (χ0n) is 15.7. The van der Waals surface area contributed by atoms with Gasteiger partial charge in [0.25, 0.3) is 5.91 Å². The van der Waals surface area contributed by atoms with E-state index in [4.69, 9.17) is 10.5 Å². The molecule has 0 aliphatic carbocycles. The number of ether oxygens (including phenoxy) is 1. The van der Waals surface area contributed by atoms with Crippen molar-refractivity contribution in [1.82, 2.24) is 10.4 Å². The molecule has 7 heteroatoms. The van der Waals surface area contributed by atoms with E-state index in [-0.39, 0.29) is 12.3 Å². The third-order valence-electron chi connectivity index (χ3n) is 3.49. The average molecular weight is 358 g/mol. The van der Waals surface area contributed by atoms with Gasteiger partial charge in [0.15, 0.2) is 0 Å². The van der Waals surface area contributed by atoms with Crippen molar-refractivity contribution in [1.29, 1.82) is 0 Å². The van der Waals surface area contributed by atoms with Crippen molar-refractivity contribution < 1.29 is 14.3 Å². The predicted octanol–water partition coefficient (Wildman–Crippen LogP) is 3.14. The molecule has 7 nitrogen and oxygen atoms in total. The van der Waals surface area contributed by atoms with Crippen molar-refractivity contribution in [3.05, 3.63) is 35.4 Å². The minimum atomic E-state index is -0.671. The van der Waals surface area contributed by atoms with Gasteiger partial charge in [0, 0.05) is 24.1 Å². The molecule has 1 aliphatic rings. The third kappa shape index (κ3) is 5.34. The zero-order chi connectivity index (χ0) is 19.3. The molecule has 0 bridgehead atoms. The Morgan fingerprint density at radius 2 is 2.00 bits per heavy atom. The molecule has 0 spiro atoms. The van der Waals surface area contributed by atoms with Crippen LogP contribution in [0, 0.1) is 0 Å². The molecule has 26 heavy (non-hydrogen) atoms. The Labute approximate surface area is 153 Å². The number of carbonyl (C=O) groups is 2. The number of hydrazine groups is 1. The summed E-state index contributed by atoms with van der Waals surface area (Å²) in [7, 11) is 0. The molecule has 0 atom stereocenters. The Hall–Kier alpha value is -2.83. The molecule has 0 saturated heterocycles. The summed E-state index contributed by atoms with van der Waals surface area (Å²) in [5.41, 5.74) is 9.83. The van der Waals surface area contributed by atoms with Gasteiger partial charge < -0.3 is 10.5 Å². The first kappa shape index (κ1) is 19.5. The van der Waals surface area contributed by atoms with E-state index < -0.39 is 11.7 Å². The Bertz CT molecular complexity index is 747. The maximum absolute atomic E-state index is 13.0. The van der Waals surface area contributed by atoms with Crippen LogP contribution in [0.3, 0.4) is 0 Å². The van der Waals surface area contributed by atoms with Crippen LogP contribution >= 0.6 is 0 Å². The van der Waals surface area contributed by atoms with Crippen LogP contribution in [0.25, 0.3) is 6.08 Å². The number of nitrogens with zero attached hydrogens (tertiary/aromatic N) is 2. The summed E-state index contributed by atoms with van der Waals surface area (Å²) in [6.07, 6.45) is 1.98. The maximum atomic E-state index is 13.0. The van der Waals surface area contributed by atoms with Gasteiger partial charge in [-0.1, -0.05) is 25.1 Å². The lowest BCUT2D eigenvalue weighted by molar-refractivity contribution is -0.130. The maximum Gasteiger partial charge on any atom is 0.426 e. The fourth-order valence-corrected chi connectivity index (χ4v) is 2.49. The van der Waals surface area contributed by atoms with Crippen molar-refractivity contribution >= 4 is 29.6 Å². The second-order valence-electron chi connectivity index (χ2n) is 7.08. The third-order valence-corrected chi connectivity index (χ3v) is 3.49. The largest absolute Gasteiger partial charge is 0.443 e. The van der Waals surface area contributed by atoms with Crippen molar-refractivity contribution in [2.75, 3.05) is 6.54 Å². The molecule has 140 valence electrons. The van der Waals surface area contributed by atoms with Gasteiger partial charge in [0.1, 0.15) is 11.4 Å². The fraction of sp³-hybridized carbons (Fsp3) is 0.421. The van der Waals surface area contributed by atoms with Crippen LogP contribution in [0.4, 0.5) is 10.5 Å². The molecule has 2 amide bonds. The molecule has 0 unspecified atom stereocenters. The lowest BCUT2D eigenvalue weighted by Crippen LogP contribution is -2.49. The van der Waals surface area contributed by atoms with Gasteiger partial charge in [-0.05, 0) is 39.3 Å². The Morgan fingerprint density at radius 1 is 1.31 bits per heavy atom. The number of para-hydroxylation sites is 1. The standard InChI is InChI=1S/C19H26N4O3/c1-5-10-23(22-18(25)26-19(2,3)4)17(24)14-11-13-8-6-7-9-15(13)21-16(20)12-14/h6-9,11H,5,10,12H2,1-4H3,(H2,20,21)(H,22,25). The van der Waals surface area contributed by atoms with E-state index >= 15 is 0 Å². The molecule has 3 N–H and O–H groups in total. The monoisotopic (exact) mass is 358 g/mol. The number of amides is 2. The highest BCUT2D eigenvalue weighted by atomic mass is 16.6. The Kier molecular flexibility index (Phi) is 6.02. The minimum Gasteiger partial charge on any atom is -0.443 e. The number of carbonyl (C=O) groups excluding carboxylic acids is 2. The molecule has 0 aromatic heterocycles. The van der Waals surface area contributed by atoms with E-state index in [1.165, 1.54) is 5.01 Å². The van der Waals surface area contributed by atoms with Gasteiger partial charge in [-0.2, -0.15) is 0 Å². The summed E-state index contributed by atoms with van der Waals surface area (Å²) in [5.74, 6) is 0.0239. The van der Waals surface area contributed by atoms with E-state index in [0.717, 1.165) is 11.3 Å². The van der Waals surface area contributed by atoms with Crippen LogP contribution in [-0.4, -0.2) is 35.0 Å². The molecule has 0 fully saturated rings. The number of amidine groups is 1. The van der Waals surface area contributed by atoms with Gasteiger partial charge >= 0.3 is 6.09 Å².